The van der Waals surface area contributed by atoms with Gasteiger partial charge in [-0.2, -0.15) is 0 Å². The Kier molecular flexibility index (Phi) is 8.39. The molecule has 2 aromatic carbocycles. The molecule has 2 amide bonds. The highest BCUT2D eigenvalue weighted by atomic mass is 19.1. The van der Waals surface area contributed by atoms with E-state index in [2.05, 4.69) is 19.2 Å². The summed E-state index contributed by atoms with van der Waals surface area (Å²) < 4.78 is 19.8. The lowest BCUT2D eigenvalue weighted by atomic mass is 10.0. The van der Waals surface area contributed by atoms with Crippen molar-refractivity contribution in [3.8, 4) is 5.75 Å². The molecular weight excluding hydrogens is 383 g/mol. The molecule has 0 saturated carbocycles. The van der Waals surface area contributed by atoms with Crippen molar-refractivity contribution in [1.29, 1.82) is 0 Å². The standard InChI is InChI=1S/C24H31FN2O3/c1-16(2)19-10-12-21(13-11-19)30-15-23(28)27(18(5)24(29)26-17(3)4)14-20-8-6-7-9-22(20)25/h6-13,16-18H,14-15H2,1-5H3,(H,26,29)/t18-/m0/s1. The average Bonchev–Trinajstić information content (AvgIpc) is 2.70. The molecule has 1 N–H and O–H groups in total. The largest absolute Gasteiger partial charge is 0.484 e. The summed E-state index contributed by atoms with van der Waals surface area (Å²) in [4.78, 5) is 26.8. The number of carbonyl (C=O) groups is 2. The average molecular weight is 415 g/mol. The molecule has 0 heterocycles. The lowest BCUT2D eigenvalue weighted by Gasteiger charge is -2.29. The minimum absolute atomic E-state index is 0.0200. The number of nitrogens with one attached hydrogen (secondary N) is 1. The second kappa shape index (κ2) is 10.8. The van der Waals surface area contributed by atoms with Gasteiger partial charge in [-0.05, 0) is 50.5 Å². The third-order valence-electron chi connectivity index (χ3n) is 4.81. The summed E-state index contributed by atoms with van der Waals surface area (Å²) in [6.07, 6.45) is 0. The van der Waals surface area contributed by atoms with Crippen LogP contribution in [0.25, 0.3) is 0 Å². The predicted molar refractivity (Wildman–Crippen MR) is 116 cm³/mol. The lowest BCUT2D eigenvalue weighted by molar-refractivity contribution is -0.142. The van der Waals surface area contributed by atoms with Crippen LogP contribution in [0.4, 0.5) is 4.39 Å². The van der Waals surface area contributed by atoms with E-state index in [4.69, 9.17) is 4.74 Å². The zero-order valence-electron chi connectivity index (χ0n) is 18.3. The first kappa shape index (κ1) is 23.4. The van der Waals surface area contributed by atoms with Crippen LogP contribution in [-0.2, 0) is 16.1 Å². The number of benzene rings is 2. The summed E-state index contributed by atoms with van der Waals surface area (Å²) in [5.74, 6) is -0.138. The number of nitrogens with zero attached hydrogens (tertiary/aromatic N) is 1. The molecule has 0 radical (unpaired) electrons. The van der Waals surface area contributed by atoms with Gasteiger partial charge >= 0.3 is 0 Å². The number of halogens is 1. The summed E-state index contributed by atoms with van der Waals surface area (Å²) in [6.45, 7) is 9.26. The van der Waals surface area contributed by atoms with Gasteiger partial charge in [0.2, 0.25) is 5.91 Å². The first-order valence-electron chi connectivity index (χ1n) is 10.2. The van der Waals surface area contributed by atoms with E-state index in [-0.39, 0.29) is 25.1 Å². The maximum absolute atomic E-state index is 14.2. The minimum atomic E-state index is -0.772. The lowest BCUT2D eigenvalue weighted by Crippen LogP contribution is -2.50. The normalized spacial score (nSPS) is 12.0. The number of rotatable bonds is 9. The summed E-state index contributed by atoms with van der Waals surface area (Å²) in [5, 5.41) is 2.80. The third-order valence-corrected chi connectivity index (χ3v) is 4.81. The van der Waals surface area contributed by atoms with Crippen molar-refractivity contribution in [1.82, 2.24) is 10.2 Å². The van der Waals surface area contributed by atoms with Crippen LogP contribution in [0, 0.1) is 5.82 Å². The molecule has 0 aliphatic rings. The Morgan fingerprint density at radius 3 is 2.20 bits per heavy atom. The van der Waals surface area contributed by atoms with Gasteiger partial charge in [-0.1, -0.05) is 44.2 Å². The molecule has 5 nitrogen and oxygen atoms in total. The van der Waals surface area contributed by atoms with E-state index >= 15 is 0 Å². The zero-order valence-corrected chi connectivity index (χ0v) is 18.3. The van der Waals surface area contributed by atoms with Crippen LogP contribution in [0.1, 0.15) is 51.7 Å². The highest BCUT2D eigenvalue weighted by Crippen LogP contribution is 2.19. The molecule has 2 rings (SSSR count). The number of amides is 2. The second-order valence-electron chi connectivity index (χ2n) is 7.96. The summed E-state index contributed by atoms with van der Waals surface area (Å²) in [5.41, 5.74) is 1.52. The Morgan fingerprint density at radius 2 is 1.63 bits per heavy atom. The van der Waals surface area contributed by atoms with Gasteiger partial charge in [-0.3, -0.25) is 9.59 Å². The fourth-order valence-corrected chi connectivity index (χ4v) is 2.97. The maximum atomic E-state index is 14.2. The monoisotopic (exact) mass is 414 g/mol. The SMILES string of the molecule is CC(C)NC(=O)[C@H](C)N(Cc1ccccc1F)C(=O)COc1ccc(C(C)C)cc1. The Bertz CT molecular complexity index is 850. The van der Waals surface area contributed by atoms with Crippen LogP contribution in [0.5, 0.6) is 5.75 Å². The van der Waals surface area contributed by atoms with E-state index in [0.29, 0.717) is 17.2 Å². The Hall–Kier alpha value is -2.89. The van der Waals surface area contributed by atoms with Crippen molar-refractivity contribution in [2.75, 3.05) is 6.61 Å². The van der Waals surface area contributed by atoms with Gasteiger partial charge in [-0.15, -0.1) is 0 Å². The topological polar surface area (TPSA) is 58.6 Å². The summed E-state index contributed by atoms with van der Waals surface area (Å²) in [6, 6.07) is 12.9. The van der Waals surface area contributed by atoms with Gasteiger partial charge < -0.3 is 15.0 Å². The molecule has 0 bridgehead atoms. The molecule has 2 aromatic rings. The van der Waals surface area contributed by atoms with Crippen molar-refractivity contribution >= 4 is 11.8 Å². The van der Waals surface area contributed by atoms with E-state index in [1.165, 1.54) is 16.5 Å². The summed E-state index contributed by atoms with van der Waals surface area (Å²) in [7, 11) is 0. The number of hydrogen-bond acceptors (Lipinski definition) is 3. The van der Waals surface area contributed by atoms with E-state index < -0.39 is 17.8 Å². The molecule has 162 valence electrons. The Morgan fingerprint density at radius 1 is 1.00 bits per heavy atom. The number of hydrogen-bond donors (Lipinski definition) is 1. The zero-order chi connectivity index (χ0) is 22.3. The van der Waals surface area contributed by atoms with Gasteiger partial charge in [-0.25, -0.2) is 4.39 Å². The number of ether oxygens (including phenoxy) is 1. The van der Waals surface area contributed by atoms with Crippen LogP contribution in [0.15, 0.2) is 48.5 Å². The van der Waals surface area contributed by atoms with Gasteiger partial charge in [0.25, 0.3) is 5.91 Å². The molecule has 0 aromatic heterocycles. The fourth-order valence-electron chi connectivity index (χ4n) is 2.97. The second-order valence-corrected chi connectivity index (χ2v) is 7.96. The molecule has 0 spiro atoms. The highest BCUT2D eigenvalue weighted by Gasteiger charge is 2.27. The Labute approximate surface area is 178 Å². The maximum Gasteiger partial charge on any atom is 0.261 e. The molecule has 1 atom stereocenters. The van der Waals surface area contributed by atoms with Gasteiger partial charge in [0.05, 0.1) is 0 Å². The van der Waals surface area contributed by atoms with Crippen molar-refractivity contribution in [2.24, 2.45) is 0 Å². The van der Waals surface area contributed by atoms with Crippen LogP contribution in [-0.4, -0.2) is 35.4 Å². The van der Waals surface area contributed by atoms with Gasteiger partial charge in [0, 0.05) is 18.2 Å². The molecule has 6 heteroatoms. The fraction of sp³-hybridized carbons (Fsp3) is 0.417. The van der Waals surface area contributed by atoms with Crippen LogP contribution < -0.4 is 10.1 Å². The van der Waals surface area contributed by atoms with E-state index in [9.17, 15) is 14.0 Å². The molecule has 30 heavy (non-hydrogen) atoms. The molecule has 0 saturated heterocycles. The minimum Gasteiger partial charge on any atom is -0.484 e. The molecular formula is C24H31FN2O3. The quantitative estimate of drug-likeness (QED) is 0.667. The van der Waals surface area contributed by atoms with Crippen LogP contribution >= 0.6 is 0 Å². The molecule has 0 unspecified atom stereocenters. The van der Waals surface area contributed by atoms with Crippen molar-refractivity contribution in [3.63, 3.8) is 0 Å². The van der Waals surface area contributed by atoms with Crippen LogP contribution in [0.3, 0.4) is 0 Å². The van der Waals surface area contributed by atoms with Gasteiger partial charge in [0.1, 0.15) is 17.6 Å². The first-order chi connectivity index (χ1) is 14.2. The van der Waals surface area contributed by atoms with Crippen molar-refractivity contribution in [2.45, 2.75) is 59.2 Å². The molecule has 0 aliphatic carbocycles. The smallest absolute Gasteiger partial charge is 0.261 e. The third kappa shape index (κ3) is 6.58. The van der Waals surface area contributed by atoms with E-state index in [0.717, 1.165) is 0 Å². The molecule has 0 aliphatic heterocycles. The predicted octanol–water partition coefficient (Wildman–Crippen LogP) is 4.27. The van der Waals surface area contributed by atoms with Crippen molar-refractivity contribution < 1.29 is 18.7 Å². The van der Waals surface area contributed by atoms with Crippen molar-refractivity contribution in [3.05, 3.63) is 65.5 Å². The highest BCUT2D eigenvalue weighted by molar-refractivity contribution is 5.88. The van der Waals surface area contributed by atoms with Gasteiger partial charge in [0.15, 0.2) is 6.61 Å². The van der Waals surface area contributed by atoms with E-state index in [1.54, 1.807) is 25.1 Å². The first-order valence-corrected chi connectivity index (χ1v) is 10.2. The molecule has 0 fully saturated rings. The summed E-state index contributed by atoms with van der Waals surface area (Å²) >= 11 is 0. The number of carbonyl (C=O) groups excluding carboxylic acids is 2. The van der Waals surface area contributed by atoms with E-state index in [1.807, 2.05) is 38.1 Å². The van der Waals surface area contributed by atoms with Crippen LogP contribution in [0.2, 0.25) is 0 Å². The Balaban J connectivity index is 2.14.